The number of rotatable bonds is 6. The molecule has 0 radical (unpaired) electrons. The van der Waals surface area contributed by atoms with Crippen LogP contribution in [0.5, 0.6) is 5.75 Å². The quantitative estimate of drug-likeness (QED) is 0.801. The third-order valence-corrected chi connectivity index (χ3v) is 3.98. The van der Waals surface area contributed by atoms with Gasteiger partial charge in [-0.15, -0.1) is 0 Å². The van der Waals surface area contributed by atoms with Gasteiger partial charge in [0.15, 0.2) is 6.61 Å². The van der Waals surface area contributed by atoms with Crippen LogP contribution in [0.15, 0.2) is 23.1 Å². The van der Waals surface area contributed by atoms with Crippen LogP contribution in [0.3, 0.4) is 0 Å². The number of aryl methyl sites for hydroxylation is 1. The lowest BCUT2D eigenvalue weighted by atomic mass is 10.2. The van der Waals surface area contributed by atoms with Gasteiger partial charge in [-0.2, -0.15) is 0 Å². The zero-order valence-electron chi connectivity index (χ0n) is 11.3. The number of amides is 1. The number of hydrogen-bond acceptors (Lipinski definition) is 4. The number of ether oxygens (including phenoxy) is 1. The highest BCUT2D eigenvalue weighted by atomic mass is 32.2. The monoisotopic (exact) mass is 298 g/mol. The molecule has 0 bridgehead atoms. The lowest BCUT2D eigenvalue weighted by molar-refractivity contribution is -0.123. The number of carbonyl (C=O) groups is 1. The number of benzene rings is 1. The molecule has 0 aliphatic heterocycles. The number of primary sulfonamides is 1. The molecule has 1 saturated carbocycles. The molecule has 2 rings (SSSR count). The van der Waals surface area contributed by atoms with Crippen molar-refractivity contribution >= 4 is 15.9 Å². The summed E-state index contributed by atoms with van der Waals surface area (Å²) in [6.45, 7) is 2.18. The number of hydrogen-bond donors (Lipinski definition) is 2. The number of nitrogens with two attached hydrogens (primary N) is 1. The van der Waals surface area contributed by atoms with E-state index in [1.807, 2.05) is 0 Å². The molecule has 0 unspecified atom stereocenters. The minimum Gasteiger partial charge on any atom is -0.482 e. The van der Waals surface area contributed by atoms with E-state index < -0.39 is 10.0 Å². The molecule has 1 aliphatic carbocycles. The molecule has 1 aromatic rings. The Morgan fingerprint density at radius 2 is 2.15 bits per heavy atom. The van der Waals surface area contributed by atoms with Gasteiger partial charge in [-0.05, 0) is 43.4 Å². The highest BCUT2D eigenvalue weighted by molar-refractivity contribution is 7.89. The second-order valence-corrected chi connectivity index (χ2v) is 6.56. The van der Waals surface area contributed by atoms with Crippen LogP contribution in [0.1, 0.15) is 18.4 Å². The van der Waals surface area contributed by atoms with Crippen molar-refractivity contribution in [1.82, 2.24) is 5.32 Å². The first-order valence-electron chi connectivity index (χ1n) is 6.39. The van der Waals surface area contributed by atoms with Crippen molar-refractivity contribution < 1.29 is 17.9 Å². The lowest BCUT2D eigenvalue weighted by Gasteiger charge is -2.11. The van der Waals surface area contributed by atoms with Crippen molar-refractivity contribution in [3.8, 4) is 5.75 Å². The molecule has 7 heteroatoms. The molecule has 0 spiro atoms. The van der Waals surface area contributed by atoms with Crippen LogP contribution in [-0.4, -0.2) is 27.5 Å². The average molecular weight is 298 g/mol. The van der Waals surface area contributed by atoms with Crippen molar-refractivity contribution in [2.75, 3.05) is 13.2 Å². The molecule has 1 fully saturated rings. The maximum Gasteiger partial charge on any atom is 0.257 e. The van der Waals surface area contributed by atoms with Crippen LogP contribution < -0.4 is 15.2 Å². The molecule has 110 valence electrons. The number of nitrogens with one attached hydrogen (secondary N) is 1. The van der Waals surface area contributed by atoms with Gasteiger partial charge in [-0.1, -0.05) is 6.07 Å². The number of sulfonamides is 1. The largest absolute Gasteiger partial charge is 0.482 e. The Labute approximate surface area is 118 Å². The third kappa shape index (κ3) is 4.21. The van der Waals surface area contributed by atoms with E-state index >= 15 is 0 Å². The maximum atomic E-state index is 11.6. The fourth-order valence-corrected chi connectivity index (χ4v) is 2.49. The minimum atomic E-state index is -3.88. The van der Waals surface area contributed by atoms with Gasteiger partial charge in [0.05, 0.1) is 0 Å². The Kier molecular flexibility index (Phi) is 4.29. The smallest absolute Gasteiger partial charge is 0.257 e. The predicted octanol–water partition coefficient (Wildman–Crippen LogP) is 0.547. The predicted molar refractivity (Wildman–Crippen MR) is 73.8 cm³/mol. The van der Waals surface area contributed by atoms with Gasteiger partial charge in [-0.25, -0.2) is 13.6 Å². The van der Waals surface area contributed by atoms with Crippen LogP contribution in [0.4, 0.5) is 0 Å². The van der Waals surface area contributed by atoms with E-state index in [1.165, 1.54) is 12.1 Å². The van der Waals surface area contributed by atoms with E-state index in [1.54, 1.807) is 13.0 Å². The summed E-state index contributed by atoms with van der Waals surface area (Å²) >= 11 is 0. The zero-order valence-corrected chi connectivity index (χ0v) is 12.1. The summed E-state index contributed by atoms with van der Waals surface area (Å²) in [7, 11) is -3.88. The van der Waals surface area contributed by atoms with Gasteiger partial charge >= 0.3 is 0 Å². The standard InChI is InChI=1S/C13H18N2O4S/c1-9-2-5-11(12(6-9)20(14,17)18)19-8-13(16)15-7-10-3-4-10/h2,5-6,10H,3-4,7-8H2,1H3,(H,15,16)(H2,14,17,18). The molecular weight excluding hydrogens is 280 g/mol. The van der Waals surface area contributed by atoms with E-state index in [0.29, 0.717) is 12.5 Å². The van der Waals surface area contributed by atoms with Crippen molar-refractivity contribution in [2.45, 2.75) is 24.7 Å². The second kappa shape index (κ2) is 5.80. The fraction of sp³-hybridized carbons (Fsp3) is 0.462. The zero-order chi connectivity index (χ0) is 14.8. The minimum absolute atomic E-state index is 0.0969. The summed E-state index contributed by atoms with van der Waals surface area (Å²) in [6, 6.07) is 4.63. The Hall–Kier alpha value is -1.60. The van der Waals surface area contributed by atoms with Crippen LogP contribution in [0, 0.1) is 12.8 Å². The summed E-state index contributed by atoms with van der Waals surface area (Å²) in [5.41, 5.74) is 0.750. The molecule has 1 aromatic carbocycles. The van der Waals surface area contributed by atoms with Crippen LogP contribution in [0.2, 0.25) is 0 Å². The molecule has 6 nitrogen and oxygen atoms in total. The van der Waals surface area contributed by atoms with Crippen molar-refractivity contribution in [2.24, 2.45) is 11.1 Å². The first-order valence-corrected chi connectivity index (χ1v) is 7.94. The molecule has 0 saturated heterocycles. The van der Waals surface area contributed by atoms with Crippen LogP contribution >= 0.6 is 0 Å². The summed E-state index contributed by atoms with van der Waals surface area (Å²) in [4.78, 5) is 11.5. The van der Waals surface area contributed by atoms with Crippen LogP contribution in [0.25, 0.3) is 0 Å². The molecule has 3 N–H and O–H groups in total. The summed E-state index contributed by atoms with van der Waals surface area (Å²) < 4.78 is 28.2. The van der Waals surface area contributed by atoms with Gasteiger partial charge in [0.2, 0.25) is 10.0 Å². The van der Waals surface area contributed by atoms with E-state index in [9.17, 15) is 13.2 Å². The Bertz CT molecular complexity index is 609. The maximum absolute atomic E-state index is 11.6. The SMILES string of the molecule is Cc1ccc(OCC(=O)NCC2CC2)c(S(N)(=O)=O)c1. The average Bonchev–Trinajstić information content (AvgIpc) is 3.17. The Morgan fingerprint density at radius 1 is 1.45 bits per heavy atom. The fourth-order valence-electron chi connectivity index (χ4n) is 1.73. The highest BCUT2D eigenvalue weighted by Gasteiger charge is 2.22. The first-order chi connectivity index (χ1) is 9.36. The first kappa shape index (κ1) is 14.8. The van der Waals surface area contributed by atoms with E-state index in [2.05, 4.69) is 5.32 Å². The summed E-state index contributed by atoms with van der Waals surface area (Å²) in [5.74, 6) is 0.413. The van der Waals surface area contributed by atoms with Gasteiger partial charge in [0, 0.05) is 6.54 Å². The molecule has 0 aromatic heterocycles. The molecule has 20 heavy (non-hydrogen) atoms. The Morgan fingerprint density at radius 3 is 2.75 bits per heavy atom. The van der Waals surface area contributed by atoms with Crippen LogP contribution in [-0.2, 0) is 14.8 Å². The molecule has 1 amide bonds. The topological polar surface area (TPSA) is 98.5 Å². The molecule has 1 aliphatic rings. The lowest BCUT2D eigenvalue weighted by Crippen LogP contribution is -2.30. The van der Waals surface area contributed by atoms with E-state index in [-0.39, 0.29) is 23.2 Å². The summed E-state index contributed by atoms with van der Waals surface area (Å²) in [6.07, 6.45) is 2.29. The molecular formula is C13H18N2O4S. The Balaban J connectivity index is 1.99. The highest BCUT2D eigenvalue weighted by Crippen LogP contribution is 2.27. The third-order valence-electron chi connectivity index (χ3n) is 3.05. The normalized spacial score (nSPS) is 14.9. The van der Waals surface area contributed by atoms with Crippen molar-refractivity contribution in [3.63, 3.8) is 0 Å². The van der Waals surface area contributed by atoms with Crippen molar-refractivity contribution in [3.05, 3.63) is 23.8 Å². The molecule has 0 heterocycles. The van der Waals surface area contributed by atoms with E-state index in [0.717, 1.165) is 18.4 Å². The van der Waals surface area contributed by atoms with Gasteiger partial charge in [-0.3, -0.25) is 4.79 Å². The van der Waals surface area contributed by atoms with Crippen molar-refractivity contribution in [1.29, 1.82) is 0 Å². The van der Waals surface area contributed by atoms with E-state index in [4.69, 9.17) is 9.88 Å². The van der Waals surface area contributed by atoms with Gasteiger partial charge in [0.1, 0.15) is 10.6 Å². The van der Waals surface area contributed by atoms with Gasteiger partial charge < -0.3 is 10.1 Å². The van der Waals surface area contributed by atoms with Gasteiger partial charge in [0.25, 0.3) is 5.91 Å². The molecule has 0 atom stereocenters. The summed E-state index contributed by atoms with van der Waals surface area (Å²) in [5, 5.41) is 7.87. The second-order valence-electron chi connectivity index (χ2n) is 5.03. The number of carbonyl (C=O) groups excluding carboxylic acids is 1.